The molecule has 0 bridgehead atoms. The maximum Gasteiger partial charge on any atom is 0.250 e. The predicted molar refractivity (Wildman–Crippen MR) is 126 cm³/mol. The van der Waals surface area contributed by atoms with E-state index >= 15 is 0 Å². The first kappa shape index (κ1) is 21.2. The van der Waals surface area contributed by atoms with Crippen molar-refractivity contribution in [1.82, 2.24) is 14.8 Å². The second-order valence-corrected chi connectivity index (χ2v) is 8.40. The number of amides is 1. The first-order chi connectivity index (χ1) is 16.0. The van der Waals surface area contributed by atoms with Crippen LogP contribution in [0, 0.1) is 5.82 Å². The highest BCUT2D eigenvalue weighted by molar-refractivity contribution is 6.30. The highest BCUT2D eigenvalue weighted by atomic mass is 35.5. The fourth-order valence-electron chi connectivity index (χ4n) is 4.06. The van der Waals surface area contributed by atoms with Crippen molar-refractivity contribution in [3.8, 4) is 0 Å². The zero-order valence-electron chi connectivity index (χ0n) is 17.6. The molecule has 0 spiro atoms. The Kier molecular flexibility index (Phi) is 5.79. The number of nitrogens with one attached hydrogen (secondary N) is 2. The number of hydrogen-bond donors (Lipinski definition) is 2. The molecule has 0 saturated heterocycles. The van der Waals surface area contributed by atoms with E-state index in [0.29, 0.717) is 17.4 Å². The van der Waals surface area contributed by atoms with Gasteiger partial charge in [0, 0.05) is 5.02 Å². The van der Waals surface area contributed by atoms with Crippen LogP contribution < -0.4 is 10.6 Å². The molecule has 1 amide bonds. The zero-order chi connectivity index (χ0) is 22.8. The van der Waals surface area contributed by atoms with E-state index in [9.17, 15) is 9.18 Å². The summed E-state index contributed by atoms with van der Waals surface area (Å²) in [4.78, 5) is 17.1. The Bertz CT molecular complexity index is 1260. The number of anilines is 2. The third-order valence-electron chi connectivity index (χ3n) is 5.67. The minimum atomic E-state index is -0.297. The van der Waals surface area contributed by atoms with Crippen LogP contribution in [0.2, 0.25) is 5.02 Å². The topological polar surface area (TPSA) is 71.8 Å². The van der Waals surface area contributed by atoms with Gasteiger partial charge in [0.15, 0.2) is 0 Å². The Morgan fingerprint density at radius 2 is 1.73 bits per heavy atom. The first-order valence-corrected chi connectivity index (χ1v) is 11.0. The first-order valence-electron chi connectivity index (χ1n) is 10.6. The van der Waals surface area contributed by atoms with Crippen LogP contribution in [0.15, 0.2) is 78.9 Å². The second kappa shape index (κ2) is 9.03. The lowest BCUT2D eigenvalue weighted by molar-refractivity contribution is -0.115. The van der Waals surface area contributed by atoms with Crippen LogP contribution in [-0.2, 0) is 11.2 Å². The average molecular weight is 462 g/mol. The number of benzene rings is 3. The summed E-state index contributed by atoms with van der Waals surface area (Å²) < 4.78 is 15.3. The molecule has 33 heavy (non-hydrogen) atoms. The highest BCUT2D eigenvalue weighted by Crippen LogP contribution is 2.38. The number of fused-ring (bicyclic) bond motifs is 1. The molecule has 1 aromatic heterocycles. The van der Waals surface area contributed by atoms with Gasteiger partial charge in [-0.25, -0.2) is 9.07 Å². The van der Waals surface area contributed by atoms with Gasteiger partial charge in [-0.2, -0.15) is 4.98 Å². The molecule has 1 aliphatic heterocycles. The number of rotatable bonds is 5. The minimum Gasteiger partial charge on any atom is -0.347 e. The number of carbonyl (C=O) groups is 1. The summed E-state index contributed by atoms with van der Waals surface area (Å²) >= 11 is 6.06. The molecule has 1 aliphatic rings. The van der Waals surface area contributed by atoms with E-state index in [4.69, 9.17) is 11.6 Å². The lowest BCUT2D eigenvalue weighted by atomic mass is 9.93. The Labute approximate surface area is 195 Å². The summed E-state index contributed by atoms with van der Waals surface area (Å²) in [5, 5.41) is 11.4. The van der Waals surface area contributed by atoms with Crippen LogP contribution in [0.1, 0.15) is 35.2 Å². The molecule has 2 N–H and O–H groups in total. The Morgan fingerprint density at radius 3 is 2.45 bits per heavy atom. The molecule has 5 rings (SSSR count). The van der Waals surface area contributed by atoms with Gasteiger partial charge in [-0.1, -0.05) is 66.2 Å². The van der Waals surface area contributed by atoms with E-state index in [2.05, 4.69) is 20.7 Å². The lowest BCUT2D eigenvalue weighted by Gasteiger charge is -2.31. The van der Waals surface area contributed by atoms with Gasteiger partial charge in [0.05, 0.1) is 18.5 Å². The number of halogens is 2. The number of aromatic nitrogens is 3. The fourth-order valence-corrected chi connectivity index (χ4v) is 4.18. The molecule has 0 saturated carbocycles. The van der Waals surface area contributed by atoms with Crippen molar-refractivity contribution in [1.29, 1.82) is 0 Å². The van der Waals surface area contributed by atoms with Crippen LogP contribution in [0.5, 0.6) is 0 Å². The number of hydrogen-bond acceptors (Lipinski definition) is 4. The summed E-state index contributed by atoms with van der Waals surface area (Å²) in [7, 11) is 0. The zero-order valence-corrected chi connectivity index (χ0v) is 18.3. The van der Waals surface area contributed by atoms with Crippen molar-refractivity contribution >= 4 is 29.4 Å². The van der Waals surface area contributed by atoms with Crippen molar-refractivity contribution in [3.63, 3.8) is 0 Å². The standard InChI is InChI=1S/C25H21ClFN5O/c26-19-10-6-17(7-11-19)21-15-22(18-8-12-20(27)13-9-18)32-25(28-21)30-24(31-32)29-23(33)14-16-4-2-1-3-5-16/h1-13,21-22H,14-15H2,(H2,28,29,30,31,33)/t21-,22-/m1/s1. The third-order valence-corrected chi connectivity index (χ3v) is 5.93. The molecule has 2 atom stereocenters. The smallest absolute Gasteiger partial charge is 0.250 e. The lowest BCUT2D eigenvalue weighted by Crippen LogP contribution is -2.28. The van der Waals surface area contributed by atoms with Gasteiger partial charge in [-0.05, 0) is 47.4 Å². The third kappa shape index (κ3) is 4.73. The molecule has 8 heteroatoms. The van der Waals surface area contributed by atoms with Gasteiger partial charge in [0.2, 0.25) is 11.9 Å². The van der Waals surface area contributed by atoms with E-state index in [0.717, 1.165) is 16.7 Å². The normalized spacial score (nSPS) is 17.2. The molecule has 6 nitrogen and oxygen atoms in total. The van der Waals surface area contributed by atoms with Gasteiger partial charge in [0.25, 0.3) is 5.95 Å². The van der Waals surface area contributed by atoms with Crippen LogP contribution in [0.3, 0.4) is 0 Å². The Hall–Kier alpha value is -3.71. The van der Waals surface area contributed by atoms with E-state index < -0.39 is 0 Å². The van der Waals surface area contributed by atoms with Crippen LogP contribution >= 0.6 is 11.6 Å². The monoisotopic (exact) mass is 461 g/mol. The van der Waals surface area contributed by atoms with Gasteiger partial charge >= 0.3 is 0 Å². The molecule has 0 fully saturated rings. The average Bonchev–Trinajstić information content (AvgIpc) is 3.22. The number of nitrogens with zero attached hydrogens (tertiary/aromatic N) is 3. The summed E-state index contributed by atoms with van der Waals surface area (Å²) in [6, 6.07) is 23.3. The molecule has 2 heterocycles. The largest absolute Gasteiger partial charge is 0.347 e. The molecule has 0 radical (unpaired) electrons. The van der Waals surface area contributed by atoms with E-state index in [-0.39, 0.29) is 36.2 Å². The maximum atomic E-state index is 13.5. The second-order valence-electron chi connectivity index (χ2n) is 7.97. The van der Waals surface area contributed by atoms with Gasteiger partial charge in [-0.15, -0.1) is 5.10 Å². The molecule has 166 valence electrons. The SMILES string of the molecule is O=C(Cc1ccccc1)Nc1nc2n(n1)[C@@H](c1ccc(F)cc1)C[C@H](c1ccc(Cl)cc1)N2. The van der Waals surface area contributed by atoms with Crippen molar-refractivity contribution in [2.45, 2.75) is 24.9 Å². The van der Waals surface area contributed by atoms with Crippen molar-refractivity contribution in [2.24, 2.45) is 0 Å². The highest BCUT2D eigenvalue weighted by Gasteiger charge is 2.31. The van der Waals surface area contributed by atoms with Crippen LogP contribution in [0.4, 0.5) is 16.3 Å². The Morgan fingerprint density at radius 1 is 1.03 bits per heavy atom. The number of carbonyl (C=O) groups excluding carboxylic acids is 1. The fraction of sp³-hybridized carbons (Fsp3) is 0.160. The van der Waals surface area contributed by atoms with Crippen molar-refractivity contribution in [3.05, 3.63) is 106 Å². The maximum absolute atomic E-state index is 13.5. The molecule has 4 aromatic rings. The minimum absolute atomic E-state index is 0.0538. The molecule has 0 unspecified atom stereocenters. The van der Waals surface area contributed by atoms with E-state index in [1.165, 1.54) is 12.1 Å². The Balaban J connectivity index is 1.43. The quantitative estimate of drug-likeness (QED) is 0.417. The van der Waals surface area contributed by atoms with Gasteiger partial charge in [-0.3, -0.25) is 10.1 Å². The molecule has 0 aliphatic carbocycles. The molecular formula is C25H21ClFN5O. The molecule has 3 aromatic carbocycles. The van der Waals surface area contributed by atoms with Gasteiger partial charge in [0.1, 0.15) is 5.82 Å². The van der Waals surface area contributed by atoms with E-state index in [1.54, 1.807) is 16.8 Å². The van der Waals surface area contributed by atoms with Gasteiger partial charge < -0.3 is 5.32 Å². The summed E-state index contributed by atoms with van der Waals surface area (Å²) in [6.45, 7) is 0. The van der Waals surface area contributed by atoms with Crippen LogP contribution in [0.25, 0.3) is 0 Å². The predicted octanol–water partition coefficient (Wildman–Crippen LogP) is 5.40. The van der Waals surface area contributed by atoms with E-state index in [1.807, 2.05) is 54.6 Å². The summed E-state index contributed by atoms with van der Waals surface area (Å²) in [6.07, 6.45) is 0.897. The van der Waals surface area contributed by atoms with Crippen molar-refractivity contribution < 1.29 is 9.18 Å². The summed E-state index contributed by atoms with van der Waals surface area (Å²) in [5.74, 6) is 0.263. The summed E-state index contributed by atoms with van der Waals surface area (Å²) in [5.41, 5.74) is 2.87. The van der Waals surface area contributed by atoms with Crippen molar-refractivity contribution in [2.75, 3.05) is 10.6 Å². The van der Waals surface area contributed by atoms with Crippen LogP contribution in [-0.4, -0.2) is 20.7 Å². The molecular weight excluding hydrogens is 441 g/mol.